The van der Waals surface area contributed by atoms with E-state index in [0.29, 0.717) is 23.6 Å². The molecule has 0 unspecified atom stereocenters. The van der Waals surface area contributed by atoms with Crippen LogP contribution >= 0.6 is 24.0 Å². The molecule has 0 saturated heterocycles. The van der Waals surface area contributed by atoms with Gasteiger partial charge in [-0.3, -0.25) is 0 Å². The third-order valence-corrected chi connectivity index (χ3v) is 2.42. The van der Waals surface area contributed by atoms with Crippen LogP contribution in [0, 0.1) is 5.82 Å². The molecule has 0 amide bonds. The lowest BCUT2D eigenvalue weighted by Gasteiger charge is -2.13. The smallest absolute Gasteiger partial charge is 0.129 e. The van der Waals surface area contributed by atoms with Crippen molar-refractivity contribution in [3.63, 3.8) is 0 Å². The first-order valence-corrected chi connectivity index (χ1v) is 4.94. The van der Waals surface area contributed by atoms with E-state index in [1.165, 1.54) is 6.07 Å². The van der Waals surface area contributed by atoms with Crippen molar-refractivity contribution < 1.29 is 4.39 Å². The van der Waals surface area contributed by atoms with Crippen LogP contribution in [0.4, 0.5) is 4.39 Å². The number of hydrogen-bond donors (Lipinski definition) is 2. The van der Waals surface area contributed by atoms with E-state index in [1.54, 1.807) is 12.1 Å². The molecule has 0 bridgehead atoms. The van der Waals surface area contributed by atoms with E-state index in [9.17, 15) is 4.39 Å². The lowest BCUT2D eigenvalue weighted by Crippen LogP contribution is -2.14. The third kappa shape index (κ3) is 3.95. The molecule has 0 radical (unpaired) electrons. The Bertz CT molecular complexity index is 287. The van der Waals surface area contributed by atoms with Gasteiger partial charge in [0.15, 0.2) is 0 Å². The Hall–Kier alpha value is -0.350. The Labute approximate surface area is 100 Å². The van der Waals surface area contributed by atoms with Crippen LogP contribution < -0.4 is 11.5 Å². The summed E-state index contributed by atoms with van der Waals surface area (Å²) in [6.45, 7) is 0.555. The molecular weight excluding hydrogens is 238 g/mol. The Morgan fingerprint density at radius 3 is 2.60 bits per heavy atom. The molecule has 0 aliphatic carbocycles. The van der Waals surface area contributed by atoms with E-state index in [2.05, 4.69) is 0 Å². The van der Waals surface area contributed by atoms with Gasteiger partial charge in [-0.15, -0.1) is 12.4 Å². The van der Waals surface area contributed by atoms with Crippen LogP contribution in [-0.2, 0) is 0 Å². The molecule has 0 aliphatic rings. The molecule has 0 aliphatic heterocycles. The molecule has 5 heteroatoms. The summed E-state index contributed by atoms with van der Waals surface area (Å²) < 4.78 is 13.3. The largest absolute Gasteiger partial charge is 0.330 e. The number of rotatable bonds is 4. The van der Waals surface area contributed by atoms with Gasteiger partial charge in [-0.1, -0.05) is 17.7 Å². The van der Waals surface area contributed by atoms with Crippen LogP contribution in [0.25, 0.3) is 0 Å². The first-order chi connectivity index (χ1) is 6.66. The van der Waals surface area contributed by atoms with E-state index in [1.807, 2.05) is 0 Å². The molecular formula is C10H15Cl2FN2. The molecule has 4 N–H and O–H groups in total. The summed E-state index contributed by atoms with van der Waals surface area (Å²) >= 11 is 5.85. The Morgan fingerprint density at radius 2 is 2.07 bits per heavy atom. The van der Waals surface area contributed by atoms with E-state index >= 15 is 0 Å². The Morgan fingerprint density at radius 1 is 1.40 bits per heavy atom. The van der Waals surface area contributed by atoms with Crippen molar-refractivity contribution in [1.29, 1.82) is 0 Å². The second kappa shape index (κ2) is 7.01. The maximum absolute atomic E-state index is 13.3. The minimum Gasteiger partial charge on any atom is -0.330 e. The summed E-state index contributed by atoms with van der Waals surface area (Å²) in [6, 6.07) is 4.20. The zero-order valence-electron chi connectivity index (χ0n) is 8.25. The Kier molecular flexibility index (Phi) is 6.85. The monoisotopic (exact) mass is 252 g/mol. The average Bonchev–Trinajstić information content (AvgIpc) is 2.14. The lowest BCUT2D eigenvalue weighted by atomic mass is 10.0. The Balaban J connectivity index is 0.00000196. The van der Waals surface area contributed by atoms with Crippen LogP contribution in [0.1, 0.15) is 24.4 Å². The van der Waals surface area contributed by atoms with Gasteiger partial charge in [-0.25, -0.2) is 4.39 Å². The van der Waals surface area contributed by atoms with Gasteiger partial charge >= 0.3 is 0 Å². The van der Waals surface area contributed by atoms with Crippen molar-refractivity contribution in [1.82, 2.24) is 0 Å². The minimum absolute atomic E-state index is 0. The second-order valence-electron chi connectivity index (χ2n) is 3.17. The van der Waals surface area contributed by atoms with Crippen LogP contribution in [0.2, 0.25) is 5.02 Å². The molecule has 15 heavy (non-hydrogen) atoms. The third-order valence-electron chi connectivity index (χ3n) is 2.09. The first kappa shape index (κ1) is 14.6. The van der Waals surface area contributed by atoms with Gasteiger partial charge in [0.05, 0.1) is 0 Å². The number of benzene rings is 1. The minimum atomic E-state index is -0.368. The highest BCUT2D eigenvalue weighted by molar-refractivity contribution is 6.31. The highest BCUT2D eigenvalue weighted by atomic mass is 35.5. The van der Waals surface area contributed by atoms with E-state index in [-0.39, 0.29) is 24.3 Å². The molecule has 0 spiro atoms. The predicted molar refractivity (Wildman–Crippen MR) is 63.9 cm³/mol. The molecule has 0 heterocycles. The number of nitrogens with two attached hydrogens (primary N) is 2. The summed E-state index contributed by atoms with van der Waals surface area (Å²) in [5, 5.41) is 0.384. The van der Waals surface area contributed by atoms with Gasteiger partial charge in [-0.05, 0) is 31.5 Å². The fourth-order valence-electron chi connectivity index (χ4n) is 1.35. The van der Waals surface area contributed by atoms with Gasteiger partial charge in [0.1, 0.15) is 5.82 Å². The second-order valence-corrected chi connectivity index (χ2v) is 3.58. The lowest BCUT2D eigenvalue weighted by molar-refractivity contribution is 0.553. The summed E-state index contributed by atoms with van der Waals surface area (Å²) in [5.41, 5.74) is 11.5. The van der Waals surface area contributed by atoms with Crippen LogP contribution in [0.15, 0.2) is 18.2 Å². The van der Waals surface area contributed by atoms with Gasteiger partial charge < -0.3 is 11.5 Å². The summed E-state index contributed by atoms with van der Waals surface area (Å²) in [5.74, 6) is -0.345. The van der Waals surface area contributed by atoms with E-state index in [0.717, 1.165) is 6.42 Å². The van der Waals surface area contributed by atoms with Gasteiger partial charge in [0.25, 0.3) is 0 Å². The molecule has 1 aromatic rings. The molecule has 2 nitrogen and oxygen atoms in total. The van der Waals surface area contributed by atoms with Gasteiger partial charge in [-0.2, -0.15) is 0 Å². The van der Waals surface area contributed by atoms with Crippen molar-refractivity contribution in [3.05, 3.63) is 34.6 Å². The molecule has 1 rings (SSSR count). The van der Waals surface area contributed by atoms with Crippen molar-refractivity contribution in [2.75, 3.05) is 6.54 Å². The topological polar surface area (TPSA) is 52.0 Å². The van der Waals surface area contributed by atoms with Crippen molar-refractivity contribution in [2.24, 2.45) is 11.5 Å². The standard InChI is InChI=1S/C10H14ClFN2.ClH/c11-7-3-1-4-8(12)10(7)9(14)5-2-6-13;/h1,3-4,9H,2,5-6,13-14H2;1H/t9-;/m0./s1. The number of halogens is 3. The molecule has 0 saturated carbocycles. The molecule has 1 atom stereocenters. The maximum atomic E-state index is 13.3. The van der Waals surface area contributed by atoms with E-state index in [4.69, 9.17) is 23.1 Å². The molecule has 0 fully saturated rings. The zero-order valence-corrected chi connectivity index (χ0v) is 9.82. The fraction of sp³-hybridized carbons (Fsp3) is 0.400. The summed E-state index contributed by atoms with van der Waals surface area (Å²) in [7, 11) is 0. The van der Waals surface area contributed by atoms with Gasteiger partial charge in [0.2, 0.25) is 0 Å². The summed E-state index contributed by atoms with van der Waals surface area (Å²) in [6.07, 6.45) is 1.42. The van der Waals surface area contributed by atoms with Crippen molar-refractivity contribution in [2.45, 2.75) is 18.9 Å². The SMILES string of the molecule is Cl.NCCC[C@H](N)c1c(F)cccc1Cl. The van der Waals surface area contributed by atoms with Crippen molar-refractivity contribution in [3.8, 4) is 0 Å². The molecule has 86 valence electrons. The predicted octanol–water partition coefficient (Wildman–Crippen LogP) is 2.64. The number of hydrogen-bond acceptors (Lipinski definition) is 2. The van der Waals surface area contributed by atoms with Crippen LogP contribution in [-0.4, -0.2) is 6.54 Å². The van der Waals surface area contributed by atoms with Crippen molar-refractivity contribution >= 4 is 24.0 Å². The summed E-state index contributed by atoms with van der Waals surface area (Å²) in [4.78, 5) is 0. The normalized spacial score (nSPS) is 12.0. The molecule has 1 aromatic carbocycles. The quantitative estimate of drug-likeness (QED) is 0.866. The molecule has 0 aromatic heterocycles. The first-order valence-electron chi connectivity index (χ1n) is 4.56. The zero-order chi connectivity index (χ0) is 10.6. The highest BCUT2D eigenvalue weighted by Crippen LogP contribution is 2.26. The maximum Gasteiger partial charge on any atom is 0.129 e. The van der Waals surface area contributed by atoms with E-state index < -0.39 is 0 Å². The fourth-order valence-corrected chi connectivity index (χ4v) is 1.65. The highest BCUT2D eigenvalue weighted by Gasteiger charge is 2.14. The van der Waals surface area contributed by atoms with Crippen LogP contribution in [0.5, 0.6) is 0 Å². The van der Waals surface area contributed by atoms with Crippen LogP contribution in [0.3, 0.4) is 0 Å². The van der Waals surface area contributed by atoms with Gasteiger partial charge in [0, 0.05) is 16.6 Å². The average molecular weight is 253 g/mol.